The van der Waals surface area contributed by atoms with Gasteiger partial charge in [0.15, 0.2) is 0 Å². The van der Waals surface area contributed by atoms with Gasteiger partial charge >= 0.3 is 0 Å². The van der Waals surface area contributed by atoms with E-state index in [-0.39, 0.29) is 0 Å². The Morgan fingerprint density at radius 2 is 2.00 bits per heavy atom. The lowest BCUT2D eigenvalue weighted by Gasteiger charge is -2.05. The molecule has 0 aliphatic carbocycles. The van der Waals surface area contributed by atoms with Gasteiger partial charge in [-0.25, -0.2) is 0 Å². The van der Waals surface area contributed by atoms with Crippen LogP contribution in [0.25, 0.3) is 0 Å². The van der Waals surface area contributed by atoms with Crippen LogP contribution in [-0.4, -0.2) is 13.3 Å². The molecule has 3 heteroatoms. The summed E-state index contributed by atoms with van der Waals surface area (Å²) in [4.78, 5) is 0. The van der Waals surface area contributed by atoms with E-state index in [4.69, 9.17) is 0 Å². The Bertz CT molecular complexity index is 303. The Balaban J connectivity index is 3.17. The molecule has 0 unspecified atom stereocenters. The lowest BCUT2D eigenvalue weighted by Crippen LogP contribution is -2.01. The molecule has 1 rings (SSSR count). The van der Waals surface area contributed by atoms with E-state index in [0.29, 0.717) is 0 Å². The Labute approximate surface area is 75.3 Å². The fourth-order valence-corrected chi connectivity index (χ4v) is 2.28. The number of hydrogen-bond acceptors (Lipinski definition) is 1. The van der Waals surface area contributed by atoms with Gasteiger partial charge in [-0.2, -0.15) is 0 Å². The molecule has 0 spiro atoms. The molecule has 0 bridgehead atoms. The highest BCUT2D eigenvalue weighted by atomic mass is 79.9. The maximum absolute atomic E-state index is 11.5. The van der Waals surface area contributed by atoms with Crippen LogP contribution in [0.15, 0.2) is 28.7 Å². The molecule has 0 heterocycles. The summed E-state index contributed by atoms with van der Waals surface area (Å²) in [5.74, 6) is 0. The quantitative estimate of drug-likeness (QED) is 0.681. The monoisotopic (exact) mass is 232 g/mol. The Hall–Kier alpha value is -0.0700. The van der Waals surface area contributed by atoms with Gasteiger partial charge in [0.25, 0.3) is 0 Å². The van der Waals surface area contributed by atoms with E-state index >= 15 is 0 Å². The molecule has 0 amide bonds. The van der Waals surface area contributed by atoms with Gasteiger partial charge in [-0.15, -0.1) is 0 Å². The van der Waals surface area contributed by atoms with Crippen molar-refractivity contribution in [3.05, 3.63) is 28.7 Å². The maximum Gasteiger partial charge on any atom is 0.109 e. The standard InChI is InChI=1S/C8H10BrOP/c1-11(2,10)8-5-3-4-7(9)6-8/h3-6H,1-2H3. The number of benzene rings is 1. The van der Waals surface area contributed by atoms with Crippen LogP contribution in [0.2, 0.25) is 0 Å². The molecule has 0 saturated heterocycles. The van der Waals surface area contributed by atoms with E-state index < -0.39 is 7.14 Å². The summed E-state index contributed by atoms with van der Waals surface area (Å²) >= 11 is 3.33. The van der Waals surface area contributed by atoms with Gasteiger partial charge in [-0.1, -0.05) is 28.1 Å². The number of hydrogen-bond donors (Lipinski definition) is 0. The maximum atomic E-state index is 11.5. The third-order valence-electron chi connectivity index (χ3n) is 1.43. The van der Waals surface area contributed by atoms with Gasteiger partial charge in [0.1, 0.15) is 7.14 Å². The van der Waals surface area contributed by atoms with E-state index in [9.17, 15) is 4.57 Å². The van der Waals surface area contributed by atoms with Crippen molar-refractivity contribution in [1.29, 1.82) is 0 Å². The van der Waals surface area contributed by atoms with Crippen LogP contribution in [0, 0.1) is 0 Å². The first-order chi connectivity index (χ1) is 5.00. The second-order valence-electron chi connectivity index (χ2n) is 2.83. The van der Waals surface area contributed by atoms with Crippen molar-refractivity contribution in [1.82, 2.24) is 0 Å². The average Bonchev–Trinajstić information content (AvgIpc) is 1.86. The highest BCUT2D eigenvalue weighted by Crippen LogP contribution is 2.34. The van der Waals surface area contributed by atoms with Crippen molar-refractivity contribution < 1.29 is 4.57 Å². The number of rotatable bonds is 1. The molecule has 1 aromatic rings. The van der Waals surface area contributed by atoms with E-state index in [1.54, 1.807) is 13.3 Å². The molecular formula is C8H10BrOP. The Morgan fingerprint density at radius 1 is 1.36 bits per heavy atom. The van der Waals surface area contributed by atoms with Gasteiger partial charge in [0.05, 0.1) is 0 Å². The van der Waals surface area contributed by atoms with Gasteiger partial charge in [0, 0.05) is 9.78 Å². The molecule has 0 aliphatic heterocycles. The molecule has 60 valence electrons. The van der Waals surface area contributed by atoms with E-state index in [0.717, 1.165) is 9.78 Å². The third kappa shape index (κ3) is 2.46. The average molecular weight is 233 g/mol. The van der Waals surface area contributed by atoms with Gasteiger partial charge in [-0.05, 0) is 25.5 Å². The highest BCUT2D eigenvalue weighted by molar-refractivity contribution is 9.10. The van der Waals surface area contributed by atoms with Crippen molar-refractivity contribution in [3.8, 4) is 0 Å². The predicted molar refractivity (Wildman–Crippen MR) is 53.2 cm³/mol. The van der Waals surface area contributed by atoms with Gasteiger partial charge in [0.2, 0.25) is 0 Å². The second kappa shape index (κ2) is 3.12. The highest BCUT2D eigenvalue weighted by Gasteiger charge is 2.09. The first-order valence-electron chi connectivity index (χ1n) is 3.31. The molecule has 0 N–H and O–H groups in total. The smallest absolute Gasteiger partial charge is 0.109 e. The van der Waals surface area contributed by atoms with Crippen LogP contribution in [0.1, 0.15) is 0 Å². The van der Waals surface area contributed by atoms with E-state index in [2.05, 4.69) is 15.9 Å². The minimum Gasteiger partial charge on any atom is -0.319 e. The summed E-state index contributed by atoms with van der Waals surface area (Å²) in [5.41, 5.74) is 0. The molecule has 0 saturated carbocycles. The van der Waals surface area contributed by atoms with Crippen LogP contribution >= 0.6 is 23.1 Å². The van der Waals surface area contributed by atoms with Crippen molar-refractivity contribution in [3.63, 3.8) is 0 Å². The first kappa shape index (κ1) is 9.02. The summed E-state index contributed by atoms with van der Waals surface area (Å²) in [5, 5.41) is 0.923. The SMILES string of the molecule is CP(C)(=O)c1cccc(Br)c1. The van der Waals surface area contributed by atoms with Crippen molar-refractivity contribution in [2.75, 3.05) is 13.3 Å². The molecule has 0 aliphatic rings. The molecule has 11 heavy (non-hydrogen) atoms. The zero-order valence-corrected chi connectivity index (χ0v) is 9.02. The van der Waals surface area contributed by atoms with Crippen molar-refractivity contribution in [2.24, 2.45) is 0 Å². The molecule has 0 radical (unpaired) electrons. The molecule has 0 fully saturated rings. The second-order valence-corrected chi connectivity index (χ2v) is 6.96. The predicted octanol–water partition coefficient (Wildman–Crippen LogP) is 2.70. The summed E-state index contributed by atoms with van der Waals surface area (Å²) < 4.78 is 12.5. The molecule has 1 nitrogen and oxygen atoms in total. The van der Waals surface area contributed by atoms with E-state index in [1.165, 1.54) is 0 Å². The third-order valence-corrected chi connectivity index (χ3v) is 3.45. The summed E-state index contributed by atoms with van der Waals surface area (Å²) in [7, 11) is -2.08. The topological polar surface area (TPSA) is 17.1 Å². The van der Waals surface area contributed by atoms with Crippen LogP contribution < -0.4 is 5.30 Å². The van der Waals surface area contributed by atoms with Crippen LogP contribution in [0.4, 0.5) is 0 Å². The summed E-state index contributed by atoms with van der Waals surface area (Å²) in [6.45, 7) is 3.55. The summed E-state index contributed by atoms with van der Waals surface area (Å²) in [6.07, 6.45) is 0. The Morgan fingerprint density at radius 3 is 2.36 bits per heavy atom. The molecule has 1 aromatic carbocycles. The van der Waals surface area contributed by atoms with Gasteiger partial charge in [-0.3, -0.25) is 0 Å². The first-order valence-corrected chi connectivity index (χ1v) is 6.71. The molecular weight excluding hydrogens is 223 g/mol. The van der Waals surface area contributed by atoms with E-state index in [1.807, 2.05) is 24.3 Å². The zero-order valence-electron chi connectivity index (χ0n) is 6.54. The fraction of sp³-hybridized carbons (Fsp3) is 0.250. The normalized spacial score (nSPS) is 11.5. The molecule has 0 atom stereocenters. The van der Waals surface area contributed by atoms with Gasteiger partial charge < -0.3 is 4.57 Å². The number of halogens is 1. The minimum absolute atomic E-state index is 0.923. The van der Waals surface area contributed by atoms with Crippen LogP contribution in [0.3, 0.4) is 0 Å². The van der Waals surface area contributed by atoms with Crippen LogP contribution in [-0.2, 0) is 4.57 Å². The van der Waals surface area contributed by atoms with Crippen molar-refractivity contribution >= 4 is 28.4 Å². The zero-order chi connectivity index (χ0) is 8.48. The fourth-order valence-electron chi connectivity index (χ4n) is 0.811. The summed E-state index contributed by atoms with van der Waals surface area (Å²) in [6, 6.07) is 7.63. The van der Waals surface area contributed by atoms with Crippen molar-refractivity contribution in [2.45, 2.75) is 0 Å². The lowest BCUT2D eigenvalue weighted by atomic mass is 10.4. The lowest BCUT2D eigenvalue weighted by molar-refractivity contribution is 0.588. The Kier molecular flexibility index (Phi) is 2.56. The minimum atomic E-state index is -2.08. The largest absolute Gasteiger partial charge is 0.319 e. The molecule has 0 aromatic heterocycles. The van der Waals surface area contributed by atoms with Crippen LogP contribution in [0.5, 0.6) is 0 Å².